The highest BCUT2D eigenvalue weighted by atomic mass is 16.5. The van der Waals surface area contributed by atoms with E-state index in [1.165, 1.54) is 0 Å². The molecule has 0 radical (unpaired) electrons. The second-order valence-corrected chi connectivity index (χ2v) is 9.24. The average molecular weight is 500 g/mol. The molecule has 0 saturated carbocycles. The first-order chi connectivity index (χ1) is 17.9. The summed E-state index contributed by atoms with van der Waals surface area (Å²) in [6, 6.07) is 16.3. The molecular weight excluding hydrogens is 470 g/mol. The Morgan fingerprint density at radius 1 is 0.865 bits per heavy atom. The van der Waals surface area contributed by atoms with E-state index < -0.39 is 6.04 Å². The third-order valence-corrected chi connectivity index (χ3v) is 6.94. The summed E-state index contributed by atoms with van der Waals surface area (Å²) in [5, 5.41) is 0.500. The molecule has 1 aromatic heterocycles. The smallest absolute Gasteiger partial charge is 0.290 e. The van der Waals surface area contributed by atoms with Gasteiger partial charge in [-0.3, -0.25) is 9.59 Å². The van der Waals surface area contributed by atoms with Gasteiger partial charge in [0.25, 0.3) is 5.91 Å². The standard InChI is InChI=1S/C30H29NO6/c1-17-14-18(2)25-24(15-17)37-29-26(28(25)32)27(20-8-11-22(35-4)23(16-20)36-5)31(30(29)33)13-12-19-6-9-21(34-3)10-7-19/h6-11,14-16,27H,12-13H2,1-5H3. The lowest BCUT2D eigenvalue weighted by Gasteiger charge is -2.26. The lowest BCUT2D eigenvalue weighted by atomic mass is 9.96. The van der Waals surface area contributed by atoms with Crippen molar-refractivity contribution >= 4 is 16.9 Å². The summed E-state index contributed by atoms with van der Waals surface area (Å²) >= 11 is 0. The summed E-state index contributed by atoms with van der Waals surface area (Å²) in [5.74, 6) is 1.65. The van der Waals surface area contributed by atoms with Crippen molar-refractivity contribution in [3.8, 4) is 17.2 Å². The zero-order chi connectivity index (χ0) is 26.3. The van der Waals surface area contributed by atoms with E-state index in [2.05, 4.69) is 0 Å². The second kappa shape index (κ2) is 9.65. The molecule has 0 fully saturated rings. The van der Waals surface area contributed by atoms with Gasteiger partial charge in [-0.05, 0) is 72.9 Å². The van der Waals surface area contributed by atoms with E-state index >= 15 is 0 Å². The Bertz CT molecular complexity index is 1550. The van der Waals surface area contributed by atoms with Gasteiger partial charge >= 0.3 is 0 Å². The summed E-state index contributed by atoms with van der Waals surface area (Å²) in [5.41, 5.74) is 4.17. The zero-order valence-electron chi connectivity index (χ0n) is 21.6. The van der Waals surface area contributed by atoms with Crippen molar-refractivity contribution in [1.82, 2.24) is 4.90 Å². The molecule has 5 rings (SSSR count). The molecule has 1 aliphatic rings. The van der Waals surface area contributed by atoms with Crippen LogP contribution in [0.5, 0.6) is 17.2 Å². The number of fused-ring (bicyclic) bond motifs is 2. The summed E-state index contributed by atoms with van der Waals surface area (Å²) in [4.78, 5) is 29.4. The monoisotopic (exact) mass is 499 g/mol. The summed E-state index contributed by atoms with van der Waals surface area (Å²) in [7, 11) is 4.75. The number of rotatable bonds is 7. The van der Waals surface area contributed by atoms with Crippen LogP contribution < -0.4 is 19.6 Å². The maximum Gasteiger partial charge on any atom is 0.290 e. The Kier molecular flexibility index (Phi) is 6.38. The maximum atomic E-state index is 13.9. The minimum absolute atomic E-state index is 0.0945. The van der Waals surface area contributed by atoms with E-state index in [1.54, 1.807) is 32.3 Å². The minimum atomic E-state index is -0.623. The molecule has 4 aromatic rings. The second-order valence-electron chi connectivity index (χ2n) is 9.24. The first-order valence-corrected chi connectivity index (χ1v) is 12.1. The third kappa shape index (κ3) is 4.20. The number of benzene rings is 3. The van der Waals surface area contributed by atoms with Gasteiger partial charge in [0.1, 0.15) is 11.3 Å². The highest BCUT2D eigenvalue weighted by Gasteiger charge is 2.43. The van der Waals surface area contributed by atoms with Gasteiger partial charge in [0.15, 0.2) is 16.9 Å². The van der Waals surface area contributed by atoms with Gasteiger partial charge < -0.3 is 23.5 Å². The minimum Gasteiger partial charge on any atom is -0.497 e. The summed E-state index contributed by atoms with van der Waals surface area (Å²) in [6.45, 7) is 4.22. The number of hydrogen-bond donors (Lipinski definition) is 0. The number of methoxy groups -OCH3 is 3. The molecule has 0 spiro atoms. The van der Waals surface area contributed by atoms with Crippen molar-refractivity contribution in [2.75, 3.05) is 27.9 Å². The number of aryl methyl sites for hydroxylation is 2. The molecule has 1 aliphatic heterocycles. The number of carbonyl (C=O) groups is 1. The third-order valence-electron chi connectivity index (χ3n) is 6.94. The molecule has 2 heterocycles. The van der Waals surface area contributed by atoms with Crippen LogP contribution in [0.4, 0.5) is 0 Å². The van der Waals surface area contributed by atoms with Crippen LogP contribution in [0.1, 0.15) is 44.4 Å². The predicted octanol–water partition coefficient (Wildman–Crippen LogP) is 5.22. The quantitative estimate of drug-likeness (QED) is 0.347. The van der Waals surface area contributed by atoms with Crippen molar-refractivity contribution in [2.24, 2.45) is 0 Å². The Morgan fingerprint density at radius 3 is 2.27 bits per heavy atom. The fourth-order valence-corrected chi connectivity index (χ4v) is 5.16. The molecule has 0 bridgehead atoms. The first kappa shape index (κ1) is 24.4. The number of amides is 1. The van der Waals surface area contributed by atoms with E-state index in [1.807, 2.05) is 62.4 Å². The van der Waals surface area contributed by atoms with Gasteiger partial charge in [-0.15, -0.1) is 0 Å². The molecule has 0 aliphatic carbocycles. The van der Waals surface area contributed by atoms with Crippen LogP contribution in [0.15, 0.2) is 63.8 Å². The van der Waals surface area contributed by atoms with Gasteiger partial charge in [-0.1, -0.05) is 24.3 Å². The van der Waals surface area contributed by atoms with E-state index in [4.69, 9.17) is 18.6 Å². The van der Waals surface area contributed by atoms with Crippen molar-refractivity contribution in [1.29, 1.82) is 0 Å². The molecule has 0 N–H and O–H groups in total. The molecular formula is C30H29NO6. The van der Waals surface area contributed by atoms with E-state index in [-0.39, 0.29) is 17.1 Å². The highest BCUT2D eigenvalue weighted by Crippen LogP contribution is 2.41. The Labute approximate surface area is 215 Å². The van der Waals surface area contributed by atoms with Crippen LogP contribution in [-0.2, 0) is 6.42 Å². The van der Waals surface area contributed by atoms with Crippen LogP contribution in [0, 0.1) is 13.8 Å². The van der Waals surface area contributed by atoms with Crippen molar-refractivity contribution < 1.29 is 23.4 Å². The molecule has 1 amide bonds. The van der Waals surface area contributed by atoms with Gasteiger partial charge in [-0.25, -0.2) is 0 Å². The zero-order valence-corrected chi connectivity index (χ0v) is 21.6. The van der Waals surface area contributed by atoms with E-state index in [9.17, 15) is 9.59 Å². The number of hydrogen-bond acceptors (Lipinski definition) is 6. The Morgan fingerprint density at radius 2 is 1.59 bits per heavy atom. The van der Waals surface area contributed by atoms with Gasteiger partial charge in [0, 0.05) is 6.54 Å². The molecule has 37 heavy (non-hydrogen) atoms. The number of nitrogens with zero attached hydrogens (tertiary/aromatic N) is 1. The first-order valence-electron chi connectivity index (χ1n) is 12.1. The SMILES string of the molecule is COc1ccc(CCN2C(=O)c3oc4cc(C)cc(C)c4c(=O)c3C2c2ccc(OC)c(OC)c2)cc1. The van der Waals surface area contributed by atoms with Gasteiger partial charge in [0.05, 0.1) is 38.3 Å². The van der Waals surface area contributed by atoms with E-state index in [0.29, 0.717) is 41.0 Å². The van der Waals surface area contributed by atoms with Crippen LogP contribution >= 0.6 is 0 Å². The van der Waals surface area contributed by atoms with E-state index in [0.717, 1.165) is 28.0 Å². The van der Waals surface area contributed by atoms with Crippen LogP contribution in [0.25, 0.3) is 11.0 Å². The molecule has 190 valence electrons. The average Bonchev–Trinajstić information content (AvgIpc) is 3.18. The lowest BCUT2D eigenvalue weighted by molar-refractivity contribution is 0.0730. The van der Waals surface area contributed by atoms with Crippen molar-refractivity contribution in [3.05, 3.63) is 98.4 Å². The predicted molar refractivity (Wildman–Crippen MR) is 141 cm³/mol. The van der Waals surface area contributed by atoms with Crippen LogP contribution in [0.2, 0.25) is 0 Å². The molecule has 1 unspecified atom stereocenters. The summed E-state index contributed by atoms with van der Waals surface area (Å²) < 4.78 is 22.4. The van der Waals surface area contributed by atoms with Crippen molar-refractivity contribution in [2.45, 2.75) is 26.3 Å². The van der Waals surface area contributed by atoms with Crippen LogP contribution in [0.3, 0.4) is 0 Å². The topological polar surface area (TPSA) is 78.2 Å². The number of carbonyl (C=O) groups excluding carboxylic acids is 1. The van der Waals surface area contributed by atoms with Gasteiger partial charge in [0.2, 0.25) is 5.76 Å². The van der Waals surface area contributed by atoms with Crippen molar-refractivity contribution in [3.63, 3.8) is 0 Å². The molecule has 1 atom stereocenters. The lowest BCUT2D eigenvalue weighted by Crippen LogP contribution is -2.31. The largest absolute Gasteiger partial charge is 0.497 e. The Balaban J connectivity index is 1.65. The molecule has 3 aromatic carbocycles. The number of ether oxygens (including phenoxy) is 3. The molecule has 7 nitrogen and oxygen atoms in total. The molecule has 0 saturated heterocycles. The maximum absolute atomic E-state index is 13.9. The highest BCUT2D eigenvalue weighted by molar-refractivity contribution is 5.99. The van der Waals surface area contributed by atoms with Gasteiger partial charge in [-0.2, -0.15) is 0 Å². The molecule has 7 heteroatoms. The fraction of sp³-hybridized carbons (Fsp3) is 0.267. The van der Waals surface area contributed by atoms with Crippen LogP contribution in [-0.4, -0.2) is 38.7 Å². The summed E-state index contributed by atoms with van der Waals surface area (Å²) in [6.07, 6.45) is 0.597. The fourth-order valence-electron chi connectivity index (χ4n) is 5.16. The Hall–Kier alpha value is -4.26. The normalized spacial score (nSPS) is 14.7.